The molecule has 3 nitrogen and oxygen atoms in total. The van der Waals surface area contributed by atoms with E-state index in [2.05, 4.69) is 11.1 Å². The Bertz CT molecular complexity index is 986. The highest BCUT2D eigenvalue weighted by Gasteiger charge is 2.20. The number of benzene rings is 2. The summed E-state index contributed by atoms with van der Waals surface area (Å²) in [6.45, 7) is 3.27. The lowest BCUT2D eigenvalue weighted by Gasteiger charge is -2.26. The minimum atomic E-state index is -0.242. The van der Waals surface area contributed by atoms with Crippen molar-refractivity contribution in [1.82, 2.24) is 9.88 Å². The minimum absolute atomic E-state index is 0.0694. The Morgan fingerprint density at radius 2 is 2.08 bits per heavy atom. The van der Waals surface area contributed by atoms with Crippen LogP contribution < -0.4 is 0 Å². The van der Waals surface area contributed by atoms with Gasteiger partial charge in [0, 0.05) is 41.3 Å². The highest BCUT2D eigenvalue weighted by molar-refractivity contribution is 5.96. The van der Waals surface area contributed by atoms with Gasteiger partial charge in [0.25, 0.3) is 5.91 Å². The molecule has 0 radical (unpaired) electrons. The molecule has 4 rings (SSSR count). The first-order valence-electron chi connectivity index (χ1n) is 8.44. The summed E-state index contributed by atoms with van der Waals surface area (Å²) in [5.41, 5.74) is 4.92. The molecule has 3 aromatic rings. The summed E-state index contributed by atoms with van der Waals surface area (Å²) >= 11 is 0. The molecule has 1 N–H and O–H groups in total. The molecule has 4 heteroatoms. The number of aryl methyl sites for hydroxylation is 1. The number of amides is 1. The molecule has 0 aliphatic carbocycles. The van der Waals surface area contributed by atoms with Gasteiger partial charge in [0.2, 0.25) is 0 Å². The Hall–Kier alpha value is -2.88. The zero-order chi connectivity index (χ0) is 17.4. The largest absolute Gasteiger partial charge is 0.360 e. The van der Waals surface area contributed by atoms with Crippen LogP contribution in [0.1, 0.15) is 27.9 Å². The second-order valence-electron chi connectivity index (χ2n) is 6.49. The van der Waals surface area contributed by atoms with Gasteiger partial charge in [0.1, 0.15) is 5.82 Å². The number of aromatic nitrogens is 1. The van der Waals surface area contributed by atoms with Crippen molar-refractivity contribution in [2.75, 3.05) is 13.1 Å². The van der Waals surface area contributed by atoms with Crippen molar-refractivity contribution >= 4 is 22.4 Å². The second kappa shape index (κ2) is 6.20. The molecule has 0 bridgehead atoms. The van der Waals surface area contributed by atoms with Crippen molar-refractivity contribution < 1.29 is 9.18 Å². The van der Waals surface area contributed by atoms with Gasteiger partial charge in [-0.05, 0) is 49.2 Å². The Kier molecular flexibility index (Phi) is 3.88. The number of H-pyrrole nitrogens is 1. The molecule has 0 atom stereocenters. The van der Waals surface area contributed by atoms with Crippen molar-refractivity contribution in [2.24, 2.45) is 0 Å². The van der Waals surface area contributed by atoms with Crippen LogP contribution in [0.4, 0.5) is 4.39 Å². The number of nitrogens with one attached hydrogen (secondary N) is 1. The summed E-state index contributed by atoms with van der Waals surface area (Å²) in [6, 6.07) is 12.5. The third-order valence-electron chi connectivity index (χ3n) is 4.75. The fraction of sp³-hybridized carbons (Fsp3) is 0.190. The average Bonchev–Trinajstić information content (AvgIpc) is 3.04. The summed E-state index contributed by atoms with van der Waals surface area (Å²) < 4.78 is 13.3. The first kappa shape index (κ1) is 15.6. The highest BCUT2D eigenvalue weighted by atomic mass is 19.1. The van der Waals surface area contributed by atoms with Crippen LogP contribution in [-0.2, 0) is 0 Å². The predicted molar refractivity (Wildman–Crippen MR) is 97.9 cm³/mol. The van der Waals surface area contributed by atoms with Crippen LogP contribution in [0.2, 0.25) is 0 Å². The summed E-state index contributed by atoms with van der Waals surface area (Å²) in [7, 11) is 0. The van der Waals surface area contributed by atoms with Crippen LogP contribution in [0.15, 0.2) is 54.7 Å². The zero-order valence-electron chi connectivity index (χ0n) is 14.1. The number of rotatable bonds is 2. The van der Waals surface area contributed by atoms with E-state index in [4.69, 9.17) is 0 Å². The van der Waals surface area contributed by atoms with Crippen LogP contribution in [0.5, 0.6) is 0 Å². The van der Waals surface area contributed by atoms with E-state index in [0.29, 0.717) is 13.1 Å². The molecule has 2 heterocycles. The molecular weight excluding hydrogens is 315 g/mol. The molecule has 1 aliphatic heterocycles. The molecule has 1 aliphatic rings. The van der Waals surface area contributed by atoms with E-state index in [1.165, 1.54) is 17.7 Å². The van der Waals surface area contributed by atoms with E-state index in [0.717, 1.165) is 34.0 Å². The Morgan fingerprint density at radius 3 is 2.84 bits per heavy atom. The molecule has 0 saturated carbocycles. The molecule has 2 aromatic carbocycles. The molecule has 25 heavy (non-hydrogen) atoms. The highest BCUT2D eigenvalue weighted by Crippen LogP contribution is 2.30. The van der Waals surface area contributed by atoms with Gasteiger partial charge in [-0.25, -0.2) is 4.39 Å². The van der Waals surface area contributed by atoms with Gasteiger partial charge in [-0.3, -0.25) is 4.79 Å². The molecule has 126 valence electrons. The first-order valence-corrected chi connectivity index (χ1v) is 8.44. The van der Waals surface area contributed by atoms with E-state index in [1.807, 2.05) is 48.4 Å². The fourth-order valence-corrected chi connectivity index (χ4v) is 3.42. The maximum atomic E-state index is 13.3. The Balaban J connectivity index is 1.56. The Labute approximate surface area is 145 Å². The second-order valence-corrected chi connectivity index (χ2v) is 6.49. The van der Waals surface area contributed by atoms with Crippen molar-refractivity contribution in [3.8, 4) is 0 Å². The van der Waals surface area contributed by atoms with E-state index in [1.54, 1.807) is 0 Å². The maximum absolute atomic E-state index is 13.3. The fourth-order valence-electron chi connectivity index (χ4n) is 3.42. The van der Waals surface area contributed by atoms with Crippen LogP contribution >= 0.6 is 0 Å². The third kappa shape index (κ3) is 2.95. The van der Waals surface area contributed by atoms with Gasteiger partial charge in [-0.2, -0.15) is 0 Å². The minimum Gasteiger partial charge on any atom is -0.360 e. The third-order valence-corrected chi connectivity index (χ3v) is 4.75. The van der Waals surface area contributed by atoms with Gasteiger partial charge in [-0.15, -0.1) is 0 Å². The van der Waals surface area contributed by atoms with Gasteiger partial charge in [-0.1, -0.05) is 23.8 Å². The lowest BCUT2D eigenvalue weighted by Crippen LogP contribution is -2.34. The molecule has 0 fully saturated rings. The lowest BCUT2D eigenvalue weighted by atomic mass is 9.98. The molecule has 0 spiro atoms. The summed E-state index contributed by atoms with van der Waals surface area (Å²) in [5.74, 6) is -0.173. The smallest absolute Gasteiger partial charge is 0.254 e. The van der Waals surface area contributed by atoms with Crippen molar-refractivity contribution in [3.05, 3.63) is 77.2 Å². The zero-order valence-corrected chi connectivity index (χ0v) is 14.1. The van der Waals surface area contributed by atoms with Gasteiger partial charge in [0.15, 0.2) is 0 Å². The number of hydrogen-bond donors (Lipinski definition) is 1. The molecule has 1 amide bonds. The summed E-state index contributed by atoms with van der Waals surface area (Å²) in [4.78, 5) is 17.6. The number of fused-ring (bicyclic) bond motifs is 1. The monoisotopic (exact) mass is 334 g/mol. The van der Waals surface area contributed by atoms with Gasteiger partial charge in [0.05, 0.1) is 0 Å². The molecule has 0 saturated heterocycles. The number of carbonyl (C=O) groups is 1. The SMILES string of the molecule is Cc1cccc(C(=O)N2CC=C(c3c[nH]c4cc(F)ccc34)CC2)c1. The standard InChI is InChI=1S/C21H19FN2O/c1-14-3-2-4-16(11-14)21(25)24-9-7-15(8-10-24)19-13-23-20-12-17(22)5-6-18(19)20/h2-7,11-13,23H,8-10H2,1H3. The van der Waals surface area contributed by atoms with Crippen LogP contribution in [-0.4, -0.2) is 28.9 Å². The van der Waals surface area contributed by atoms with Crippen molar-refractivity contribution in [1.29, 1.82) is 0 Å². The number of aromatic amines is 1. The quantitative estimate of drug-likeness (QED) is 0.733. The normalized spacial score (nSPS) is 14.6. The molecule has 1 aromatic heterocycles. The van der Waals surface area contributed by atoms with Crippen molar-refractivity contribution in [2.45, 2.75) is 13.3 Å². The first-order chi connectivity index (χ1) is 12.1. The van der Waals surface area contributed by atoms with Crippen LogP contribution in [0.3, 0.4) is 0 Å². The van der Waals surface area contributed by atoms with E-state index in [9.17, 15) is 9.18 Å². The van der Waals surface area contributed by atoms with Crippen LogP contribution in [0.25, 0.3) is 16.5 Å². The number of halogens is 1. The van der Waals surface area contributed by atoms with E-state index in [-0.39, 0.29) is 11.7 Å². The number of hydrogen-bond acceptors (Lipinski definition) is 1. The summed E-state index contributed by atoms with van der Waals surface area (Å²) in [6.07, 6.45) is 4.82. The topological polar surface area (TPSA) is 36.1 Å². The molecular formula is C21H19FN2O. The Morgan fingerprint density at radius 1 is 1.20 bits per heavy atom. The maximum Gasteiger partial charge on any atom is 0.254 e. The predicted octanol–water partition coefficient (Wildman–Crippen LogP) is 4.54. The van der Waals surface area contributed by atoms with Gasteiger partial charge >= 0.3 is 0 Å². The van der Waals surface area contributed by atoms with E-state index >= 15 is 0 Å². The lowest BCUT2D eigenvalue weighted by molar-refractivity contribution is 0.0773. The van der Waals surface area contributed by atoms with Crippen molar-refractivity contribution in [3.63, 3.8) is 0 Å². The molecule has 0 unspecified atom stereocenters. The summed E-state index contributed by atoms with van der Waals surface area (Å²) in [5, 5.41) is 1.02. The van der Waals surface area contributed by atoms with Crippen LogP contribution in [0, 0.1) is 12.7 Å². The number of carbonyl (C=O) groups excluding carboxylic acids is 1. The average molecular weight is 334 g/mol. The van der Waals surface area contributed by atoms with E-state index < -0.39 is 0 Å². The number of nitrogens with zero attached hydrogens (tertiary/aromatic N) is 1. The van der Waals surface area contributed by atoms with Gasteiger partial charge < -0.3 is 9.88 Å².